The topological polar surface area (TPSA) is 101 Å². The number of hydrogen-bond acceptors (Lipinski definition) is 7. The summed E-state index contributed by atoms with van der Waals surface area (Å²) in [6, 6.07) is 18.6. The predicted octanol–water partition coefficient (Wildman–Crippen LogP) is 3.65. The first kappa shape index (κ1) is 28.6. The van der Waals surface area contributed by atoms with Gasteiger partial charge < -0.3 is 29.5 Å². The second kappa shape index (κ2) is 12.7. The summed E-state index contributed by atoms with van der Waals surface area (Å²) in [5, 5.41) is 12.9. The van der Waals surface area contributed by atoms with Gasteiger partial charge in [0.15, 0.2) is 0 Å². The molecular weight excluding hydrogens is 522 g/mol. The van der Waals surface area contributed by atoms with Gasteiger partial charge in [0, 0.05) is 37.8 Å². The van der Waals surface area contributed by atoms with Crippen LogP contribution in [0.2, 0.25) is 0 Å². The zero-order chi connectivity index (χ0) is 28.9. The number of aliphatic hydroxyl groups excluding tert-OH is 1. The fourth-order valence-electron chi connectivity index (χ4n) is 5.33. The van der Waals surface area contributed by atoms with Crippen LogP contribution in [0.15, 0.2) is 60.7 Å². The van der Waals surface area contributed by atoms with E-state index in [-0.39, 0.29) is 37.1 Å². The lowest BCUT2D eigenvalue weighted by molar-refractivity contribution is -0.123. The van der Waals surface area contributed by atoms with Gasteiger partial charge in [0.25, 0.3) is 5.91 Å². The third kappa shape index (κ3) is 6.87. The minimum absolute atomic E-state index is 0.0795. The summed E-state index contributed by atoms with van der Waals surface area (Å²) in [4.78, 5) is 29.9. The molecule has 3 aromatic carbocycles. The van der Waals surface area contributed by atoms with Gasteiger partial charge >= 0.3 is 0 Å². The summed E-state index contributed by atoms with van der Waals surface area (Å²) < 4.78 is 18.2. The minimum Gasteiger partial charge on any atom is -0.494 e. The van der Waals surface area contributed by atoms with Crippen LogP contribution in [0.3, 0.4) is 0 Å². The molecule has 216 valence electrons. The van der Waals surface area contributed by atoms with Crippen molar-refractivity contribution in [2.45, 2.75) is 45.8 Å². The van der Waals surface area contributed by atoms with Crippen molar-refractivity contribution in [1.82, 2.24) is 15.1 Å². The molecular formula is C32H37N3O6. The third-order valence-corrected chi connectivity index (χ3v) is 7.44. The summed E-state index contributed by atoms with van der Waals surface area (Å²) in [5.41, 5.74) is 4.08. The second-order valence-electron chi connectivity index (χ2n) is 10.6. The largest absolute Gasteiger partial charge is 0.494 e. The van der Waals surface area contributed by atoms with E-state index in [1.165, 1.54) is 4.90 Å². The Labute approximate surface area is 240 Å². The number of nitrogens with one attached hydrogen (secondary N) is 1. The van der Waals surface area contributed by atoms with Gasteiger partial charge in [-0.3, -0.25) is 14.5 Å². The summed E-state index contributed by atoms with van der Waals surface area (Å²) in [5.74, 6) is 1.42. The van der Waals surface area contributed by atoms with Gasteiger partial charge in [0.2, 0.25) is 5.91 Å². The number of amides is 2. The molecule has 2 amide bonds. The van der Waals surface area contributed by atoms with Crippen LogP contribution in [-0.4, -0.2) is 72.2 Å². The molecule has 1 saturated heterocycles. The van der Waals surface area contributed by atoms with Crippen LogP contribution in [0.4, 0.5) is 0 Å². The van der Waals surface area contributed by atoms with Gasteiger partial charge in [-0.1, -0.05) is 24.3 Å². The second-order valence-corrected chi connectivity index (χ2v) is 10.6. The maximum atomic E-state index is 13.2. The molecule has 3 aromatic rings. The Kier molecular flexibility index (Phi) is 8.87. The van der Waals surface area contributed by atoms with Crippen molar-refractivity contribution in [2.24, 2.45) is 0 Å². The molecule has 0 radical (unpaired) electrons. The number of likely N-dealkylation sites (N-methyl/N-ethyl adjacent to an activating group) is 1. The van der Waals surface area contributed by atoms with Crippen molar-refractivity contribution >= 4 is 11.8 Å². The average Bonchev–Trinajstić information content (AvgIpc) is 3.33. The number of aliphatic hydroxyl groups is 1. The highest BCUT2D eigenvalue weighted by molar-refractivity contribution is 5.96. The van der Waals surface area contributed by atoms with Crippen LogP contribution in [0, 0.1) is 6.92 Å². The molecule has 0 aromatic heterocycles. The first-order valence-corrected chi connectivity index (χ1v) is 13.9. The van der Waals surface area contributed by atoms with Gasteiger partial charge in [0.1, 0.15) is 17.2 Å². The van der Waals surface area contributed by atoms with E-state index in [0.717, 1.165) is 22.3 Å². The highest BCUT2D eigenvalue weighted by atomic mass is 16.5. The number of likely N-dealkylation sites (tertiary alicyclic amines) is 1. The van der Waals surface area contributed by atoms with Crippen LogP contribution in [0.5, 0.6) is 17.2 Å². The molecule has 1 fully saturated rings. The molecule has 9 nitrogen and oxygen atoms in total. The van der Waals surface area contributed by atoms with Gasteiger partial charge in [-0.05, 0) is 66.9 Å². The number of nitrogens with zero attached hydrogens (tertiary/aromatic N) is 2. The number of rotatable bonds is 5. The summed E-state index contributed by atoms with van der Waals surface area (Å²) >= 11 is 0. The van der Waals surface area contributed by atoms with Crippen LogP contribution in [-0.2, 0) is 29.3 Å². The van der Waals surface area contributed by atoms with Crippen LogP contribution >= 0.6 is 0 Å². The number of benzene rings is 3. The van der Waals surface area contributed by atoms with Crippen molar-refractivity contribution in [3.8, 4) is 17.2 Å². The third-order valence-electron chi connectivity index (χ3n) is 7.44. The van der Waals surface area contributed by atoms with Crippen molar-refractivity contribution in [1.29, 1.82) is 0 Å². The van der Waals surface area contributed by atoms with E-state index in [9.17, 15) is 14.7 Å². The van der Waals surface area contributed by atoms with Gasteiger partial charge in [-0.25, -0.2) is 0 Å². The van der Waals surface area contributed by atoms with E-state index >= 15 is 0 Å². The van der Waals surface area contributed by atoms with Gasteiger partial charge in [0.05, 0.1) is 38.5 Å². The molecule has 2 aliphatic rings. The Bertz CT molecular complexity index is 1410. The highest BCUT2D eigenvalue weighted by Crippen LogP contribution is 2.28. The number of carbonyl (C=O) groups is 2. The van der Waals surface area contributed by atoms with E-state index in [0.29, 0.717) is 55.7 Å². The monoisotopic (exact) mass is 559 g/mol. The standard InChI is InChI=1S/C32H37N3O6/c1-4-39-28-11-9-22(12-25(28)19-36)15-35-16-27-30(17-35)40-20-23-6-5-7-26(13-23)41-29-14-24(10-8-21(29)2)32(38)34(3)18-31(37)33-27/h5-14,27,30,36H,4,15-20H2,1-3H3,(H,33,37)/t27-,30-/m0/s1. The fraction of sp³-hybridized carbons (Fsp3) is 0.375. The quantitative estimate of drug-likeness (QED) is 0.492. The van der Waals surface area contributed by atoms with Crippen molar-refractivity contribution in [3.05, 3.63) is 88.5 Å². The molecule has 2 aliphatic heterocycles. The molecule has 5 rings (SSSR count). The van der Waals surface area contributed by atoms with Crippen molar-refractivity contribution < 1.29 is 28.9 Å². The Hall–Kier alpha value is -3.92. The number of carbonyl (C=O) groups excluding carboxylic acids is 2. The van der Waals surface area contributed by atoms with Gasteiger partial charge in [-0.15, -0.1) is 0 Å². The molecule has 9 heteroatoms. The number of fused-ring (bicyclic) bond motifs is 5. The molecule has 2 N–H and O–H groups in total. The van der Waals surface area contributed by atoms with Crippen LogP contribution in [0.1, 0.15) is 39.5 Å². The maximum absolute atomic E-state index is 13.2. The zero-order valence-corrected chi connectivity index (χ0v) is 23.8. The molecule has 41 heavy (non-hydrogen) atoms. The summed E-state index contributed by atoms with van der Waals surface area (Å²) in [6.45, 7) is 6.37. The Morgan fingerprint density at radius 1 is 1.07 bits per heavy atom. The van der Waals surface area contributed by atoms with E-state index in [1.54, 1.807) is 19.2 Å². The molecule has 0 unspecified atom stereocenters. The van der Waals surface area contributed by atoms with Crippen molar-refractivity contribution in [2.75, 3.05) is 33.3 Å². The Morgan fingerprint density at radius 2 is 1.93 bits per heavy atom. The number of ether oxygens (including phenoxy) is 3. The number of aryl methyl sites for hydroxylation is 1. The lowest BCUT2D eigenvalue weighted by Crippen LogP contribution is -2.48. The summed E-state index contributed by atoms with van der Waals surface area (Å²) in [6.07, 6.45) is -0.257. The first-order chi connectivity index (χ1) is 19.8. The summed E-state index contributed by atoms with van der Waals surface area (Å²) in [7, 11) is 1.62. The minimum atomic E-state index is -0.262. The molecule has 2 heterocycles. The molecule has 4 bridgehead atoms. The van der Waals surface area contributed by atoms with E-state index in [4.69, 9.17) is 14.2 Å². The highest BCUT2D eigenvalue weighted by Gasteiger charge is 2.35. The smallest absolute Gasteiger partial charge is 0.254 e. The lowest BCUT2D eigenvalue weighted by atomic mass is 10.1. The average molecular weight is 560 g/mol. The van der Waals surface area contributed by atoms with Crippen molar-refractivity contribution in [3.63, 3.8) is 0 Å². The molecule has 2 atom stereocenters. The normalized spacial score (nSPS) is 19.9. The SMILES string of the molecule is CCOc1ccc(CN2C[C@@H]3NC(=O)CN(C)C(=O)c4ccc(C)c(c4)Oc4cccc(c4)CO[C@H]3C2)cc1CO. The Morgan fingerprint density at radius 3 is 2.73 bits per heavy atom. The zero-order valence-electron chi connectivity index (χ0n) is 23.8. The molecule has 0 aliphatic carbocycles. The maximum Gasteiger partial charge on any atom is 0.254 e. The van der Waals surface area contributed by atoms with Gasteiger partial charge in [-0.2, -0.15) is 0 Å². The molecule has 0 saturated carbocycles. The van der Waals surface area contributed by atoms with Crippen LogP contribution in [0.25, 0.3) is 0 Å². The molecule has 0 spiro atoms. The van der Waals surface area contributed by atoms with E-state index in [2.05, 4.69) is 10.2 Å². The fourth-order valence-corrected chi connectivity index (χ4v) is 5.33. The van der Waals surface area contributed by atoms with Crippen LogP contribution < -0.4 is 14.8 Å². The van der Waals surface area contributed by atoms with E-state index < -0.39 is 0 Å². The Balaban J connectivity index is 1.37. The number of hydrogen-bond donors (Lipinski definition) is 2. The predicted molar refractivity (Wildman–Crippen MR) is 154 cm³/mol. The van der Waals surface area contributed by atoms with E-state index in [1.807, 2.05) is 62.4 Å². The lowest BCUT2D eigenvalue weighted by Gasteiger charge is -2.23. The first-order valence-electron chi connectivity index (χ1n) is 13.9.